The molecule has 0 atom stereocenters. The van der Waals surface area contributed by atoms with Gasteiger partial charge in [-0.05, 0) is 12.1 Å². The Kier molecular flexibility index (Phi) is 3.20. The molecule has 0 aliphatic rings. The van der Waals surface area contributed by atoms with Crippen LogP contribution in [0.15, 0.2) is 24.3 Å². The predicted octanol–water partition coefficient (Wildman–Crippen LogP) is 1.63. The van der Waals surface area contributed by atoms with Gasteiger partial charge in [-0.25, -0.2) is 0 Å². The van der Waals surface area contributed by atoms with E-state index < -0.39 is 5.97 Å². The highest BCUT2D eigenvalue weighted by molar-refractivity contribution is 5.81. The third-order valence-electron chi connectivity index (χ3n) is 1.45. The first-order chi connectivity index (χ1) is 6.26. The topological polar surface area (TPSA) is 43.4 Å². The van der Waals surface area contributed by atoms with Crippen molar-refractivity contribution in [1.82, 2.24) is 0 Å². The van der Waals surface area contributed by atoms with Crippen molar-refractivity contribution in [3.63, 3.8) is 0 Å². The van der Waals surface area contributed by atoms with Gasteiger partial charge in [-0.15, -0.1) is 0 Å². The molecule has 0 aliphatic heterocycles. The second kappa shape index (κ2) is 4.40. The maximum absolute atomic E-state index is 10.8. The number of aldehydes is 1. The van der Waals surface area contributed by atoms with Crippen LogP contribution in [0.4, 0.5) is 0 Å². The smallest absolute Gasteiger partial charge is 0.314 e. The summed E-state index contributed by atoms with van der Waals surface area (Å²) in [6.07, 6.45) is 2.01. The van der Waals surface area contributed by atoms with Crippen LogP contribution in [-0.4, -0.2) is 12.3 Å². The van der Waals surface area contributed by atoms with E-state index in [-0.39, 0.29) is 0 Å². The number of hydrogen-bond acceptors (Lipinski definition) is 3. The Bertz CT molecular complexity index is 318. The Morgan fingerprint density at radius 1 is 1.46 bits per heavy atom. The van der Waals surface area contributed by atoms with Crippen LogP contribution in [0.3, 0.4) is 0 Å². The predicted molar refractivity (Wildman–Crippen MR) is 47.4 cm³/mol. The molecule has 0 saturated heterocycles. The molecule has 1 aromatic carbocycles. The average molecular weight is 177 g/mol. The Morgan fingerprint density at radius 2 is 2.23 bits per heavy atom. The summed E-state index contributed by atoms with van der Waals surface area (Å²) in [7, 11) is 0. The van der Waals surface area contributed by atoms with Crippen LogP contribution in [0, 0.1) is 6.42 Å². The molecule has 0 amide bonds. The molecule has 1 aromatic rings. The van der Waals surface area contributed by atoms with Crippen molar-refractivity contribution in [3.8, 4) is 5.75 Å². The quantitative estimate of drug-likeness (QED) is 0.400. The monoisotopic (exact) mass is 177 g/mol. The van der Waals surface area contributed by atoms with E-state index in [2.05, 4.69) is 0 Å². The molecule has 67 valence electrons. The second-order valence-corrected chi connectivity index (χ2v) is 2.40. The molecule has 0 heterocycles. The zero-order chi connectivity index (χ0) is 9.68. The standard InChI is InChI=1S/C10H9O3/c1-2-10(12)13-9-5-3-4-8(6-9)7-11/h2-7H,1H3. The largest absolute Gasteiger partial charge is 0.426 e. The van der Waals surface area contributed by atoms with Crippen molar-refractivity contribution >= 4 is 12.3 Å². The average Bonchev–Trinajstić information content (AvgIpc) is 2.18. The van der Waals surface area contributed by atoms with Gasteiger partial charge in [0.15, 0.2) is 0 Å². The summed E-state index contributed by atoms with van der Waals surface area (Å²) in [4.78, 5) is 21.2. The number of rotatable bonds is 3. The van der Waals surface area contributed by atoms with Gasteiger partial charge in [0, 0.05) is 5.56 Å². The number of benzene rings is 1. The van der Waals surface area contributed by atoms with Gasteiger partial charge in [-0.1, -0.05) is 19.1 Å². The maximum atomic E-state index is 10.8. The molecular weight excluding hydrogens is 168 g/mol. The first-order valence-electron chi connectivity index (χ1n) is 3.82. The van der Waals surface area contributed by atoms with E-state index in [9.17, 15) is 9.59 Å². The lowest BCUT2D eigenvalue weighted by molar-refractivity contribution is -0.130. The molecule has 0 aromatic heterocycles. The van der Waals surface area contributed by atoms with Crippen molar-refractivity contribution < 1.29 is 14.3 Å². The molecule has 1 radical (unpaired) electrons. The van der Waals surface area contributed by atoms with Crippen LogP contribution in [0.5, 0.6) is 5.75 Å². The van der Waals surface area contributed by atoms with Crippen molar-refractivity contribution in [2.45, 2.75) is 6.92 Å². The summed E-state index contributed by atoms with van der Waals surface area (Å²) in [6.45, 7) is 1.59. The lowest BCUT2D eigenvalue weighted by Crippen LogP contribution is -2.06. The number of esters is 1. The van der Waals surface area contributed by atoms with E-state index in [4.69, 9.17) is 4.74 Å². The molecule has 3 nitrogen and oxygen atoms in total. The molecule has 0 spiro atoms. The number of carbonyl (C=O) groups excluding carboxylic acids is 2. The summed E-state index contributed by atoms with van der Waals surface area (Å²) >= 11 is 0. The zero-order valence-electron chi connectivity index (χ0n) is 7.19. The van der Waals surface area contributed by atoms with Crippen molar-refractivity contribution in [1.29, 1.82) is 0 Å². The van der Waals surface area contributed by atoms with Crippen LogP contribution in [-0.2, 0) is 4.79 Å². The van der Waals surface area contributed by atoms with E-state index in [1.54, 1.807) is 25.1 Å². The number of carbonyl (C=O) groups is 2. The highest BCUT2D eigenvalue weighted by Gasteiger charge is 2.01. The van der Waals surface area contributed by atoms with E-state index in [0.717, 1.165) is 0 Å². The van der Waals surface area contributed by atoms with E-state index >= 15 is 0 Å². The Balaban J connectivity index is 2.77. The van der Waals surface area contributed by atoms with Gasteiger partial charge in [0.05, 0.1) is 6.42 Å². The molecule has 0 saturated carbocycles. The third-order valence-corrected chi connectivity index (χ3v) is 1.45. The van der Waals surface area contributed by atoms with Gasteiger partial charge in [0.25, 0.3) is 0 Å². The van der Waals surface area contributed by atoms with Gasteiger partial charge >= 0.3 is 5.97 Å². The summed E-state index contributed by atoms with van der Waals surface area (Å²) < 4.78 is 4.85. The normalized spacial score (nSPS) is 9.31. The lowest BCUT2D eigenvalue weighted by atomic mass is 10.2. The minimum atomic E-state index is -0.428. The summed E-state index contributed by atoms with van der Waals surface area (Å²) in [5.41, 5.74) is 0.487. The van der Waals surface area contributed by atoms with Crippen LogP contribution in [0.1, 0.15) is 17.3 Å². The minimum Gasteiger partial charge on any atom is -0.426 e. The minimum absolute atomic E-state index is 0.382. The van der Waals surface area contributed by atoms with Crippen molar-refractivity contribution in [2.24, 2.45) is 0 Å². The van der Waals surface area contributed by atoms with Crippen molar-refractivity contribution in [2.75, 3.05) is 0 Å². The van der Waals surface area contributed by atoms with Crippen LogP contribution >= 0.6 is 0 Å². The van der Waals surface area contributed by atoms with E-state index in [1.165, 1.54) is 12.5 Å². The van der Waals surface area contributed by atoms with Crippen LogP contribution < -0.4 is 4.74 Å². The summed E-state index contributed by atoms with van der Waals surface area (Å²) in [6, 6.07) is 6.42. The highest BCUT2D eigenvalue weighted by atomic mass is 16.5. The summed E-state index contributed by atoms with van der Waals surface area (Å²) in [5.74, 6) is -0.0456. The fourth-order valence-corrected chi connectivity index (χ4v) is 0.826. The SMILES string of the molecule is C[CH]C(=O)Oc1cccc(C=O)c1. The van der Waals surface area contributed by atoms with Gasteiger partial charge in [0.1, 0.15) is 12.0 Å². The molecule has 0 unspecified atom stereocenters. The van der Waals surface area contributed by atoms with Crippen molar-refractivity contribution in [3.05, 3.63) is 36.2 Å². The highest BCUT2D eigenvalue weighted by Crippen LogP contribution is 2.12. The second-order valence-electron chi connectivity index (χ2n) is 2.40. The number of hydrogen-bond donors (Lipinski definition) is 0. The zero-order valence-corrected chi connectivity index (χ0v) is 7.19. The van der Waals surface area contributed by atoms with Crippen LogP contribution in [0.25, 0.3) is 0 Å². The van der Waals surface area contributed by atoms with Gasteiger partial charge in [0.2, 0.25) is 0 Å². The molecule has 0 N–H and O–H groups in total. The third kappa shape index (κ3) is 2.71. The van der Waals surface area contributed by atoms with Gasteiger partial charge < -0.3 is 4.74 Å². The molecule has 0 fully saturated rings. The molecule has 0 bridgehead atoms. The lowest BCUT2D eigenvalue weighted by Gasteiger charge is -2.01. The van der Waals surface area contributed by atoms with E-state index in [0.29, 0.717) is 17.6 Å². The molecule has 1 rings (SSSR count). The Hall–Kier alpha value is -1.64. The molecule has 13 heavy (non-hydrogen) atoms. The summed E-state index contributed by atoms with van der Waals surface area (Å²) in [5, 5.41) is 0. The fraction of sp³-hybridized carbons (Fsp3) is 0.100. The fourth-order valence-electron chi connectivity index (χ4n) is 0.826. The van der Waals surface area contributed by atoms with Gasteiger partial charge in [-0.2, -0.15) is 0 Å². The first kappa shape index (κ1) is 9.45. The van der Waals surface area contributed by atoms with Crippen LogP contribution in [0.2, 0.25) is 0 Å². The maximum Gasteiger partial charge on any atom is 0.314 e. The molecular formula is C10H9O3. The van der Waals surface area contributed by atoms with Gasteiger partial charge in [-0.3, -0.25) is 9.59 Å². The number of ether oxygens (including phenoxy) is 1. The Morgan fingerprint density at radius 3 is 2.85 bits per heavy atom. The molecule has 3 heteroatoms. The Labute approximate surface area is 76.3 Å². The molecule has 0 aliphatic carbocycles. The van der Waals surface area contributed by atoms with E-state index in [1.807, 2.05) is 0 Å². The first-order valence-corrected chi connectivity index (χ1v) is 3.82.